The molecule has 31 heteroatoms. The Bertz CT molecular complexity index is 2340. The van der Waals surface area contributed by atoms with Crippen molar-refractivity contribution in [2.24, 2.45) is 0 Å². The van der Waals surface area contributed by atoms with E-state index >= 15 is 0 Å². The average molecular weight is 1090 g/mol. The molecule has 16 atom stereocenters. The molecule has 5 rings (SSSR count). The van der Waals surface area contributed by atoms with Gasteiger partial charge in [0, 0.05) is 74.4 Å². The number of esters is 9. The molecule has 4 aliphatic heterocycles. The Hall–Kier alpha value is -7.16. The smallest absolute Gasteiger partial charge is 0.465 e. The highest BCUT2D eigenvalue weighted by Crippen LogP contribution is 2.42. The fourth-order valence-electron chi connectivity index (χ4n) is 8.16. The number of ether oxygens (including phenoxy) is 18. The van der Waals surface area contributed by atoms with Crippen LogP contribution in [0.4, 0.5) is 10.5 Å². The van der Waals surface area contributed by atoms with Crippen molar-refractivity contribution in [2.75, 3.05) is 26.9 Å². The van der Waals surface area contributed by atoms with Gasteiger partial charge in [-0.25, -0.2) is 9.59 Å². The molecular formula is C45H55NO30. The lowest BCUT2D eigenvalue weighted by Gasteiger charge is -2.50. The molecule has 1 aromatic rings. The predicted octanol–water partition coefficient (Wildman–Crippen LogP) is 0.0763. The van der Waals surface area contributed by atoms with E-state index in [9.17, 15) is 58.1 Å². The van der Waals surface area contributed by atoms with Crippen LogP contribution in [0, 0.1) is 10.1 Å². The first-order chi connectivity index (χ1) is 35.7. The first-order valence-corrected chi connectivity index (χ1v) is 22.8. The SMILES string of the molecule is COC(=O)C1(C)OC2C(OC(C)=O)[C@H](O[C@@H]3OC(COC(C)=O)[C@H](O[C@@H]4OC(COC(C)=O)[C@H](OC(C)=O)[C@H](OC(C)=O)C4OC(C)=O)[C@H](OC(C)=O)C3OC(C)=O)[C@@H](COC(=O)Oc3ccc([N+](=O)[O-])cc3)O[C@@H]2O1. The largest absolute Gasteiger partial charge is 0.513 e. The minimum Gasteiger partial charge on any atom is -0.465 e. The van der Waals surface area contributed by atoms with E-state index in [1.54, 1.807) is 0 Å². The van der Waals surface area contributed by atoms with Crippen molar-refractivity contribution in [1.29, 1.82) is 0 Å². The lowest BCUT2D eigenvalue weighted by atomic mass is 9.95. The van der Waals surface area contributed by atoms with E-state index in [1.807, 2.05) is 0 Å². The molecule has 0 bridgehead atoms. The van der Waals surface area contributed by atoms with Gasteiger partial charge >= 0.3 is 59.9 Å². The van der Waals surface area contributed by atoms with Crippen LogP contribution in [-0.2, 0) is 124 Å². The van der Waals surface area contributed by atoms with Crippen LogP contribution < -0.4 is 4.74 Å². The van der Waals surface area contributed by atoms with Gasteiger partial charge in [-0.1, -0.05) is 0 Å². The molecule has 31 nitrogen and oxygen atoms in total. The summed E-state index contributed by atoms with van der Waals surface area (Å²) in [6, 6.07) is 4.26. The molecule has 76 heavy (non-hydrogen) atoms. The number of nitro groups is 1. The Kier molecular flexibility index (Phi) is 20.5. The molecule has 4 heterocycles. The quantitative estimate of drug-likeness (QED) is 0.0582. The van der Waals surface area contributed by atoms with Crippen molar-refractivity contribution in [3.05, 3.63) is 34.4 Å². The summed E-state index contributed by atoms with van der Waals surface area (Å²) in [6.07, 6.45) is -28.8. The normalized spacial score (nSPS) is 31.6. The predicted molar refractivity (Wildman–Crippen MR) is 234 cm³/mol. The highest BCUT2D eigenvalue weighted by atomic mass is 16.9. The first-order valence-electron chi connectivity index (χ1n) is 22.8. The molecule has 7 unspecified atom stereocenters. The van der Waals surface area contributed by atoms with Gasteiger partial charge in [-0.15, -0.1) is 0 Å². The third-order valence-electron chi connectivity index (χ3n) is 10.9. The molecule has 4 fully saturated rings. The van der Waals surface area contributed by atoms with Gasteiger partial charge < -0.3 is 85.3 Å². The number of fused-ring (bicyclic) bond motifs is 1. The summed E-state index contributed by atoms with van der Waals surface area (Å²) < 4.78 is 103. The number of carbonyl (C=O) groups excluding carboxylic acids is 10. The number of nitrogens with zero attached hydrogens (tertiary/aromatic N) is 1. The minimum absolute atomic E-state index is 0.206. The van der Waals surface area contributed by atoms with Crippen LogP contribution in [0.5, 0.6) is 5.75 Å². The first kappa shape index (κ1) is 59.7. The number of nitro benzene ring substituents is 1. The number of methoxy groups -OCH3 is 1. The maximum atomic E-state index is 13.1. The zero-order valence-electron chi connectivity index (χ0n) is 42.3. The van der Waals surface area contributed by atoms with E-state index in [4.69, 9.17) is 85.3 Å². The maximum Gasteiger partial charge on any atom is 0.513 e. The van der Waals surface area contributed by atoms with Gasteiger partial charge in [-0.3, -0.25) is 48.5 Å². The van der Waals surface area contributed by atoms with Crippen LogP contribution in [0.3, 0.4) is 0 Å². The number of hydrogen-bond donors (Lipinski definition) is 0. The molecule has 0 saturated carbocycles. The van der Waals surface area contributed by atoms with Crippen molar-refractivity contribution >= 4 is 65.6 Å². The third-order valence-corrected chi connectivity index (χ3v) is 10.9. The number of rotatable bonds is 19. The number of hydrogen-bond acceptors (Lipinski definition) is 30. The summed E-state index contributed by atoms with van der Waals surface area (Å²) in [5, 5.41) is 11.2. The number of non-ortho nitro benzene ring substituents is 1. The van der Waals surface area contributed by atoms with Crippen molar-refractivity contribution in [2.45, 2.75) is 160 Å². The van der Waals surface area contributed by atoms with Gasteiger partial charge in [0.25, 0.3) is 11.5 Å². The zero-order valence-corrected chi connectivity index (χ0v) is 42.3. The Morgan fingerprint density at radius 2 is 0.908 bits per heavy atom. The van der Waals surface area contributed by atoms with Gasteiger partial charge in [-0.05, 0) is 12.1 Å². The van der Waals surface area contributed by atoms with Gasteiger partial charge in [0.2, 0.25) is 0 Å². The van der Waals surface area contributed by atoms with Crippen LogP contribution in [0.2, 0.25) is 0 Å². The van der Waals surface area contributed by atoms with Gasteiger partial charge in [0.05, 0.1) is 12.0 Å². The third kappa shape index (κ3) is 15.7. The van der Waals surface area contributed by atoms with Gasteiger partial charge in [0.15, 0.2) is 61.6 Å². The Labute approximate surface area is 430 Å². The fraction of sp³-hybridized carbons (Fsp3) is 0.644. The van der Waals surface area contributed by atoms with Crippen LogP contribution in [-0.4, -0.2) is 190 Å². The van der Waals surface area contributed by atoms with Crippen LogP contribution in [0.15, 0.2) is 24.3 Å². The highest BCUT2D eigenvalue weighted by Gasteiger charge is 2.63. The van der Waals surface area contributed by atoms with E-state index in [2.05, 4.69) is 0 Å². The summed E-state index contributed by atoms with van der Waals surface area (Å²) >= 11 is 0. The summed E-state index contributed by atoms with van der Waals surface area (Å²) in [5.74, 6) is -11.5. The second kappa shape index (κ2) is 26.1. The Morgan fingerprint density at radius 1 is 0.513 bits per heavy atom. The second-order valence-electron chi connectivity index (χ2n) is 16.9. The van der Waals surface area contributed by atoms with E-state index in [0.717, 1.165) is 93.7 Å². The molecule has 1 aromatic carbocycles. The molecule has 0 aliphatic carbocycles. The second-order valence-corrected chi connectivity index (χ2v) is 16.9. The number of benzene rings is 1. The topological polar surface area (TPSA) is 380 Å². The molecule has 0 radical (unpaired) electrons. The van der Waals surface area contributed by atoms with E-state index in [0.29, 0.717) is 0 Å². The van der Waals surface area contributed by atoms with E-state index in [-0.39, 0.29) is 11.4 Å². The molecular weight excluding hydrogens is 1030 g/mol. The standard InChI is InChI=1S/C45H55NO30/c1-18(47)60-15-28-31(63-20(3)49)34(64-21(4)50)37(67-24(7)53)40(70-28)73-32-29(16-61-19(2)48)71-41(38(68-25(8)54)35(32)65-22(5)51)74-33-30(17-62-44(56)69-27-13-11-26(12-14-27)46(57)58)72-42-39(36(33)66-23(6)52)75-45(9,76-42)43(55)59-10/h11-14,28-42H,15-17H2,1-10H3/t28?,29?,30-,31+,32+,33-,34+,35+,36?,37?,38?,39?,40+,41+,42-,45?/m1/s1. The Morgan fingerprint density at radius 3 is 1.36 bits per heavy atom. The van der Waals surface area contributed by atoms with Crippen molar-refractivity contribution < 1.29 is 138 Å². The van der Waals surface area contributed by atoms with Gasteiger partial charge in [-0.2, -0.15) is 0 Å². The van der Waals surface area contributed by atoms with Crippen molar-refractivity contribution in [1.82, 2.24) is 0 Å². The zero-order chi connectivity index (χ0) is 56.3. The minimum atomic E-state index is -2.24. The molecule has 0 spiro atoms. The molecule has 0 aromatic heterocycles. The van der Waals surface area contributed by atoms with Crippen LogP contribution >= 0.6 is 0 Å². The van der Waals surface area contributed by atoms with Crippen LogP contribution in [0.1, 0.15) is 62.3 Å². The molecule has 4 aliphatic rings. The molecule has 0 amide bonds. The lowest BCUT2D eigenvalue weighted by Crippen LogP contribution is -2.68. The fourth-order valence-corrected chi connectivity index (χ4v) is 8.16. The lowest BCUT2D eigenvalue weighted by molar-refractivity contribution is -0.384. The maximum absolute atomic E-state index is 13.1. The summed E-state index contributed by atoms with van der Waals surface area (Å²) in [4.78, 5) is 138. The van der Waals surface area contributed by atoms with Gasteiger partial charge in [0.1, 0.15) is 56.1 Å². The molecule has 420 valence electrons. The summed E-state index contributed by atoms with van der Waals surface area (Å²) in [7, 11) is 1.01. The Balaban J connectivity index is 1.62. The van der Waals surface area contributed by atoms with Crippen molar-refractivity contribution in [3.8, 4) is 5.75 Å². The average Bonchev–Trinajstić information content (AvgIpc) is 3.67. The molecule has 0 N–H and O–H groups in total. The van der Waals surface area contributed by atoms with E-state index < -0.39 is 183 Å². The highest BCUT2D eigenvalue weighted by molar-refractivity contribution is 5.77. The summed E-state index contributed by atoms with van der Waals surface area (Å²) in [5.41, 5.74) is -0.332. The van der Waals surface area contributed by atoms with Crippen LogP contribution in [0.25, 0.3) is 0 Å². The van der Waals surface area contributed by atoms with E-state index in [1.165, 1.54) is 0 Å². The van der Waals surface area contributed by atoms with Crippen molar-refractivity contribution in [3.63, 3.8) is 0 Å². The monoisotopic (exact) mass is 1090 g/mol. The number of carbonyl (C=O) groups is 10. The molecule has 4 saturated heterocycles. The summed E-state index contributed by atoms with van der Waals surface area (Å²) in [6.45, 7) is 6.43.